The fourth-order valence-corrected chi connectivity index (χ4v) is 1.70. The molecule has 0 saturated heterocycles. The molecule has 1 amide bonds. The van der Waals surface area contributed by atoms with E-state index in [0.717, 1.165) is 18.6 Å². The second-order valence-corrected chi connectivity index (χ2v) is 4.11. The first kappa shape index (κ1) is 12.7. The molecule has 0 radical (unpaired) electrons. The highest BCUT2D eigenvalue weighted by molar-refractivity contribution is 8.23. The molecule has 0 bridgehead atoms. The highest BCUT2D eigenvalue weighted by Gasteiger charge is 2.03. The van der Waals surface area contributed by atoms with E-state index in [1.54, 1.807) is 6.92 Å². The van der Waals surface area contributed by atoms with Crippen LogP contribution in [0.4, 0.5) is 4.79 Å². The molecule has 0 fully saturated rings. The summed E-state index contributed by atoms with van der Waals surface area (Å²) in [5.74, 6) is 0.946. The van der Waals surface area contributed by atoms with Crippen LogP contribution in [-0.4, -0.2) is 22.8 Å². The van der Waals surface area contributed by atoms with E-state index in [-0.39, 0.29) is 0 Å². The molecule has 0 aromatic rings. The van der Waals surface area contributed by atoms with Crippen molar-refractivity contribution in [2.45, 2.75) is 26.7 Å². The van der Waals surface area contributed by atoms with Crippen molar-refractivity contribution in [3.05, 3.63) is 0 Å². The molecule has 3 nitrogen and oxygen atoms in total. The number of thiocarbonyl (C=S) groups is 1. The number of ether oxygens (including phenoxy) is 1. The topological polar surface area (TPSA) is 38.3 Å². The zero-order valence-corrected chi connectivity index (χ0v) is 9.59. The average molecular weight is 221 g/mol. The first-order chi connectivity index (χ1) is 6.20. The number of hydrogen-bond donors (Lipinski definition) is 1. The van der Waals surface area contributed by atoms with Gasteiger partial charge in [0.25, 0.3) is 0 Å². The van der Waals surface area contributed by atoms with Crippen molar-refractivity contribution in [2.24, 2.45) is 0 Å². The second-order valence-electron chi connectivity index (χ2n) is 2.33. The summed E-state index contributed by atoms with van der Waals surface area (Å²) in [6.45, 7) is 4.24. The van der Waals surface area contributed by atoms with Crippen molar-refractivity contribution < 1.29 is 9.53 Å². The first-order valence-electron chi connectivity index (χ1n) is 4.31. The van der Waals surface area contributed by atoms with Gasteiger partial charge in [-0.05, 0) is 13.3 Å². The molecule has 0 atom stereocenters. The number of unbranched alkanes of at least 4 members (excludes halogenated alkanes) is 1. The summed E-state index contributed by atoms with van der Waals surface area (Å²) >= 11 is 6.38. The predicted molar refractivity (Wildman–Crippen MR) is 60.1 cm³/mol. The molecule has 0 heterocycles. The Bertz CT molecular complexity index is 174. The van der Waals surface area contributed by atoms with Crippen molar-refractivity contribution in [1.82, 2.24) is 5.32 Å². The van der Waals surface area contributed by atoms with Gasteiger partial charge in [-0.25, -0.2) is 4.79 Å². The standard InChI is InChI=1S/C8H15NO2S2/c1-3-5-6-13-8(12)9-7(10)11-4-2/h3-6H2,1-2H3,(H,9,10,12). The predicted octanol–water partition coefficient (Wildman–Crippen LogP) is 2.55. The maximum atomic E-state index is 10.9. The van der Waals surface area contributed by atoms with E-state index in [1.165, 1.54) is 11.8 Å². The van der Waals surface area contributed by atoms with Crippen LogP contribution >= 0.6 is 24.0 Å². The van der Waals surface area contributed by atoms with Crippen molar-refractivity contribution in [1.29, 1.82) is 0 Å². The van der Waals surface area contributed by atoms with Gasteiger partial charge in [0.1, 0.15) is 4.32 Å². The Morgan fingerprint density at radius 3 is 2.77 bits per heavy atom. The summed E-state index contributed by atoms with van der Waals surface area (Å²) in [7, 11) is 0. The van der Waals surface area contributed by atoms with E-state index in [2.05, 4.69) is 17.0 Å². The molecule has 0 aromatic carbocycles. The normalized spacial score (nSPS) is 9.38. The Hall–Kier alpha value is -0.290. The van der Waals surface area contributed by atoms with Gasteiger partial charge in [-0.15, -0.1) is 0 Å². The Balaban J connectivity index is 3.44. The van der Waals surface area contributed by atoms with E-state index in [1.807, 2.05) is 0 Å². The Kier molecular flexibility index (Phi) is 8.13. The van der Waals surface area contributed by atoms with E-state index < -0.39 is 6.09 Å². The van der Waals surface area contributed by atoms with E-state index >= 15 is 0 Å². The lowest BCUT2D eigenvalue weighted by Crippen LogP contribution is -2.27. The summed E-state index contributed by atoms with van der Waals surface area (Å²) < 4.78 is 5.16. The molecule has 0 unspecified atom stereocenters. The molecule has 0 aliphatic heterocycles. The molecule has 0 aromatic heterocycles. The highest BCUT2D eigenvalue weighted by Crippen LogP contribution is 2.05. The van der Waals surface area contributed by atoms with Crippen LogP contribution < -0.4 is 5.32 Å². The Morgan fingerprint density at radius 2 is 2.23 bits per heavy atom. The molecule has 0 aliphatic rings. The van der Waals surface area contributed by atoms with E-state index in [9.17, 15) is 4.79 Å². The zero-order chi connectivity index (χ0) is 10.1. The molecule has 1 N–H and O–H groups in total. The fraction of sp³-hybridized carbons (Fsp3) is 0.750. The molecule has 0 rings (SSSR count). The SMILES string of the molecule is CCCCSC(=S)NC(=O)OCC. The fourth-order valence-electron chi connectivity index (χ4n) is 0.596. The number of hydrogen-bond acceptors (Lipinski definition) is 4. The van der Waals surface area contributed by atoms with Gasteiger partial charge in [0.15, 0.2) is 0 Å². The van der Waals surface area contributed by atoms with Gasteiger partial charge < -0.3 is 4.74 Å². The summed E-state index contributed by atoms with van der Waals surface area (Å²) in [6.07, 6.45) is 1.78. The summed E-state index contributed by atoms with van der Waals surface area (Å²) in [6, 6.07) is 0. The van der Waals surface area contributed by atoms with Gasteiger partial charge in [0.05, 0.1) is 6.61 Å². The van der Waals surface area contributed by atoms with Gasteiger partial charge in [-0.2, -0.15) is 0 Å². The third-order valence-corrected chi connectivity index (χ3v) is 2.52. The van der Waals surface area contributed by atoms with Gasteiger partial charge in [0.2, 0.25) is 0 Å². The Morgan fingerprint density at radius 1 is 1.54 bits per heavy atom. The van der Waals surface area contributed by atoms with Crippen molar-refractivity contribution >= 4 is 34.4 Å². The van der Waals surface area contributed by atoms with Crippen LogP contribution in [0, 0.1) is 0 Å². The quantitative estimate of drug-likeness (QED) is 0.585. The number of alkyl carbamates (subject to hydrolysis) is 1. The monoisotopic (exact) mass is 221 g/mol. The Labute approximate surface area is 88.6 Å². The second kappa shape index (κ2) is 8.31. The largest absolute Gasteiger partial charge is 0.450 e. The van der Waals surface area contributed by atoms with Crippen molar-refractivity contribution in [3.63, 3.8) is 0 Å². The minimum absolute atomic E-state index is 0.369. The molecule has 0 saturated carbocycles. The van der Waals surface area contributed by atoms with Crippen LogP contribution in [-0.2, 0) is 4.74 Å². The minimum Gasteiger partial charge on any atom is -0.450 e. The molecule has 0 aliphatic carbocycles. The number of nitrogens with one attached hydrogen (secondary N) is 1. The third-order valence-electron chi connectivity index (χ3n) is 1.21. The van der Waals surface area contributed by atoms with Gasteiger partial charge in [0, 0.05) is 5.75 Å². The number of thioether (sulfide) groups is 1. The lowest BCUT2D eigenvalue weighted by Gasteiger charge is -2.05. The molecular formula is C8H15NO2S2. The maximum Gasteiger partial charge on any atom is 0.412 e. The lowest BCUT2D eigenvalue weighted by atomic mass is 10.4. The number of amides is 1. The van der Waals surface area contributed by atoms with Crippen LogP contribution in [0.15, 0.2) is 0 Å². The summed E-state index contributed by atoms with van der Waals surface area (Å²) in [4.78, 5) is 10.9. The summed E-state index contributed by atoms with van der Waals surface area (Å²) in [5.41, 5.74) is 0. The van der Waals surface area contributed by atoms with Gasteiger partial charge in [-0.1, -0.05) is 37.3 Å². The molecular weight excluding hydrogens is 206 g/mol. The van der Waals surface area contributed by atoms with Crippen LogP contribution in [0.2, 0.25) is 0 Å². The molecule has 5 heteroatoms. The van der Waals surface area contributed by atoms with Gasteiger partial charge in [-0.3, -0.25) is 5.32 Å². The molecule has 0 spiro atoms. The smallest absolute Gasteiger partial charge is 0.412 e. The van der Waals surface area contributed by atoms with Crippen LogP contribution in [0.5, 0.6) is 0 Å². The maximum absolute atomic E-state index is 10.9. The number of carbonyl (C=O) groups excluding carboxylic acids is 1. The van der Waals surface area contributed by atoms with Crippen molar-refractivity contribution in [3.8, 4) is 0 Å². The van der Waals surface area contributed by atoms with E-state index in [0.29, 0.717) is 10.9 Å². The minimum atomic E-state index is -0.462. The van der Waals surface area contributed by atoms with E-state index in [4.69, 9.17) is 12.2 Å². The lowest BCUT2D eigenvalue weighted by molar-refractivity contribution is 0.158. The van der Waals surface area contributed by atoms with Crippen molar-refractivity contribution in [2.75, 3.05) is 12.4 Å². The van der Waals surface area contributed by atoms with Crippen LogP contribution in [0.3, 0.4) is 0 Å². The first-order valence-corrected chi connectivity index (χ1v) is 5.70. The third kappa shape index (κ3) is 8.05. The molecule has 76 valence electrons. The number of carbonyl (C=O) groups is 1. The van der Waals surface area contributed by atoms with Crippen LogP contribution in [0.1, 0.15) is 26.7 Å². The summed E-state index contributed by atoms with van der Waals surface area (Å²) in [5, 5.41) is 2.47. The zero-order valence-electron chi connectivity index (χ0n) is 7.96. The van der Waals surface area contributed by atoms with Crippen LogP contribution in [0.25, 0.3) is 0 Å². The molecule has 13 heavy (non-hydrogen) atoms. The highest BCUT2D eigenvalue weighted by atomic mass is 32.2. The van der Waals surface area contributed by atoms with Gasteiger partial charge >= 0.3 is 6.09 Å². The average Bonchev–Trinajstić information content (AvgIpc) is 2.05. The number of rotatable bonds is 4.